The van der Waals surface area contributed by atoms with Crippen LogP contribution in [0.25, 0.3) is 0 Å². The van der Waals surface area contributed by atoms with Crippen molar-refractivity contribution in [3.05, 3.63) is 64.4 Å². The Morgan fingerprint density at radius 2 is 2.10 bits per heavy atom. The van der Waals surface area contributed by atoms with Crippen molar-refractivity contribution in [1.82, 2.24) is 25.1 Å². The summed E-state index contributed by atoms with van der Waals surface area (Å²) in [5, 5.41) is 9.89. The molecule has 2 aromatic heterocycles. The van der Waals surface area contributed by atoms with Crippen LogP contribution >= 0.6 is 12.2 Å². The Kier molecular flexibility index (Phi) is 7.56. The SMILES string of the molecule is CCOc1cc(C(=O)NCCc2n[nH]c(=S)n2CC)ccc1OCc1cccnc1. The highest BCUT2D eigenvalue weighted by molar-refractivity contribution is 7.71. The van der Waals surface area contributed by atoms with E-state index in [1.165, 1.54) is 0 Å². The van der Waals surface area contributed by atoms with Gasteiger partial charge in [0.05, 0.1) is 6.61 Å². The highest BCUT2D eigenvalue weighted by atomic mass is 32.1. The number of pyridine rings is 1. The van der Waals surface area contributed by atoms with Crippen LogP contribution in [0.3, 0.4) is 0 Å². The lowest BCUT2D eigenvalue weighted by Crippen LogP contribution is -2.26. The van der Waals surface area contributed by atoms with Gasteiger partial charge in [-0.05, 0) is 50.3 Å². The Hall–Kier alpha value is -3.20. The van der Waals surface area contributed by atoms with Gasteiger partial charge >= 0.3 is 0 Å². The van der Waals surface area contributed by atoms with Gasteiger partial charge in [-0.25, -0.2) is 0 Å². The van der Waals surface area contributed by atoms with Gasteiger partial charge in [-0.2, -0.15) is 5.10 Å². The summed E-state index contributed by atoms with van der Waals surface area (Å²) in [4.78, 5) is 16.6. The number of benzene rings is 1. The first kappa shape index (κ1) is 21.5. The minimum absolute atomic E-state index is 0.188. The van der Waals surface area contributed by atoms with Crippen molar-refractivity contribution in [1.29, 1.82) is 0 Å². The van der Waals surface area contributed by atoms with Gasteiger partial charge in [0, 0.05) is 43.0 Å². The number of carbonyl (C=O) groups excluding carboxylic acids is 1. The number of aromatic nitrogens is 4. The molecule has 0 aliphatic rings. The second kappa shape index (κ2) is 10.5. The van der Waals surface area contributed by atoms with E-state index in [0.717, 1.165) is 17.9 Å². The lowest BCUT2D eigenvalue weighted by Gasteiger charge is -2.13. The fourth-order valence-electron chi connectivity index (χ4n) is 2.94. The fourth-order valence-corrected chi connectivity index (χ4v) is 3.22. The molecule has 30 heavy (non-hydrogen) atoms. The molecule has 8 nitrogen and oxygen atoms in total. The monoisotopic (exact) mass is 427 g/mol. The normalized spacial score (nSPS) is 10.6. The van der Waals surface area contributed by atoms with Crippen LogP contribution < -0.4 is 14.8 Å². The third kappa shape index (κ3) is 5.44. The highest BCUT2D eigenvalue weighted by Gasteiger charge is 2.13. The van der Waals surface area contributed by atoms with E-state index in [-0.39, 0.29) is 5.91 Å². The van der Waals surface area contributed by atoms with Crippen molar-refractivity contribution in [3.8, 4) is 11.5 Å². The van der Waals surface area contributed by atoms with Crippen molar-refractivity contribution in [2.24, 2.45) is 0 Å². The van der Waals surface area contributed by atoms with Gasteiger partial charge < -0.3 is 19.4 Å². The summed E-state index contributed by atoms with van der Waals surface area (Å²) in [6, 6.07) is 8.96. The van der Waals surface area contributed by atoms with Gasteiger partial charge in [-0.1, -0.05) is 6.07 Å². The number of nitrogens with zero attached hydrogens (tertiary/aromatic N) is 3. The Bertz CT molecular complexity index is 1030. The molecule has 0 aliphatic carbocycles. The first-order valence-electron chi connectivity index (χ1n) is 9.83. The van der Waals surface area contributed by atoms with Crippen molar-refractivity contribution >= 4 is 18.1 Å². The first-order chi connectivity index (χ1) is 14.6. The largest absolute Gasteiger partial charge is 0.490 e. The summed E-state index contributed by atoms with van der Waals surface area (Å²) in [7, 11) is 0. The molecule has 2 heterocycles. The number of amides is 1. The second-order valence-corrected chi connectivity index (χ2v) is 6.83. The molecule has 0 unspecified atom stereocenters. The third-order valence-electron chi connectivity index (χ3n) is 4.41. The van der Waals surface area contributed by atoms with Gasteiger partial charge in [0.15, 0.2) is 16.3 Å². The van der Waals surface area contributed by atoms with Crippen LogP contribution in [0.4, 0.5) is 0 Å². The Morgan fingerprint density at radius 1 is 1.23 bits per heavy atom. The molecule has 0 radical (unpaired) electrons. The molecule has 0 aliphatic heterocycles. The number of hydrogen-bond acceptors (Lipinski definition) is 6. The van der Waals surface area contributed by atoms with Crippen molar-refractivity contribution in [2.75, 3.05) is 13.2 Å². The number of H-pyrrole nitrogens is 1. The fraction of sp³-hybridized carbons (Fsp3) is 0.333. The number of nitrogens with one attached hydrogen (secondary N) is 2. The maximum absolute atomic E-state index is 12.6. The van der Waals surface area contributed by atoms with Crippen LogP contribution in [-0.4, -0.2) is 38.8 Å². The zero-order chi connectivity index (χ0) is 21.3. The standard InChI is InChI=1S/C21H25N5O3S/c1-3-26-19(24-25-21(26)30)9-11-23-20(27)16-7-8-17(18(12-16)28-4-2)29-14-15-6-5-10-22-13-15/h5-8,10,12-13H,3-4,9,11,14H2,1-2H3,(H,23,27)(H,25,30). The molecule has 0 saturated heterocycles. The molecule has 1 aromatic carbocycles. The van der Waals surface area contributed by atoms with Crippen molar-refractivity contribution < 1.29 is 14.3 Å². The summed E-state index contributed by atoms with van der Waals surface area (Å²) in [6.07, 6.45) is 4.04. The average Bonchev–Trinajstić information content (AvgIpc) is 3.13. The van der Waals surface area contributed by atoms with Gasteiger partial charge in [0.1, 0.15) is 12.4 Å². The van der Waals surface area contributed by atoms with E-state index in [1.54, 1.807) is 30.6 Å². The van der Waals surface area contributed by atoms with E-state index in [0.29, 0.717) is 48.0 Å². The number of rotatable bonds is 10. The molecular formula is C21H25N5O3S. The van der Waals surface area contributed by atoms with Crippen LogP contribution in [0.2, 0.25) is 0 Å². The molecule has 3 aromatic rings. The number of carbonyl (C=O) groups is 1. The summed E-state index contributed by atoms with van der Waals surface area (Å²) >= 11 is 5.18. The predicted octanol–water partition coefficient (Wildman–Crippen LogP) is 3.31. The zero-order valence-electron chi connectivity index (χ0n) is 17.1. The lowest BCUT2D eigenvalue weighted by molar-refractivity contribution is 0.0953. The number of hydrogen-bond donors (Lipinski definition) is 2. The summed E-state index contributed by atoms with van der Waals surface area (Å²) in [5.41, 5.74) is 1.45. The van der Waals surface area contributed by atoms with Crippen molar-refractivity contribution in [2.45, 2.75) is 33.4 Å². The van der Waals surface area contributed by atoms with E-state index in [9.17, 15) is 4.79 Å². The Labute approximate surface area is 180 Å². The molecule has 0 spiro atoms. The Morgan fingerprint density at radius 3 is 2.83 bits per heavy atom. The lowest BCUT2D eigenvalue weighted by atomic mass is 10.2. The van der Waals surface area contributed by atoms with E-state index >= 15 is 0 Å². The van der Waals surface area contributed by atoms with Crippen LogP contribution in [0.1, 0.15) is 35.6 Å². The number of aromatic amines is 1. The highest BCUT2D eigenvalue weighted by Crippen LogP contribution is 2.29. The molecule has 3 rings (SSSR count). The van der Waals surface area contributed by atoms with Gasteiger partial charge in [0.25, 0.3) is 5.91 Å². The van der Waals surface area contributed by atoms with Gasteiger partial charge in [-0.15, -0.1) is 0 Å². The maximum atomic E-state index is 12.6. The minimum Gasteiger partial charge on any atom is -0.490 e. The third-order valence-corrected chi connectivity index (χ3v) is 4.72. The Balaban J connectivity index is 1.62. The molecule has 0 atom stereocenters. The topological polar surface area (TPSA) is 94.1 Å². The van der Waals surface area contributed by atoms with Gasteiger partial charge in [-0.3, -0.25) is 14.9 Å². The van der Waals surface area contributed by atoms with E-state index in [1.807, 2.05) is 30.5 Å². The van der Waals surface area contributed by atoms with E-state index in [2.05, 4.69) is 20.5 Å². The molecule has 0 bridgehead atoms. The summed E-state index contributed by atoms with van der Waals surface area (Å²) in [6.45, 7) is 5.90. The predicted molar refractivity (Wildman–Crippen MR) is 115 cm³/mol. The van der Waals surface area contributed by atoms with Gasteiger partial charge in [0.2, 0.25) is 0 Å². The number of ether oxygens (including phenoxy) is 2. The van der Waals surface area contributed by atoms with Crippen molar-refractivity contribution in [3.63, 3.8) is 0 Å². The van der Waals surface area contributed by atoms with E-state index < -0.39 is 0 Å². The second-order valence-electron chi connectivity index (χ2n) is 6.44. The quantitative estimate of drug-likeness (QED) is 0.482. The zero-order valence-corrected chi connectivity index (χ0v) is 17.9. The molecule has 158 valence electrons. The molecule has 0 saturated carbocycles. The summed E-state index contributed by atoms with van der Waals surface area (Å²) in [5.74, 6) is 1.74. The molecule has 1 amide bonds. The van der Waals surface area contributed by atoms with Crippen LogP contribution in [0.5, 0.6) is 11.5 Å². The molecular weight excluding hydrogens is 402 g/mol. The van der Waals surface area contributed by atoms with Crippen LogP contribution in [0.15, 0.2) is 42.7 Å². The maximum Gasteiger partial charge on any atom is 0.251 e. The molecule has 2 N–H and O–H groups in total. The molecule has 0 fully saturated rings. The van der Waals surface area contributed by atoms with E-state index in [4.69, 9.17) is 21.7 Å². The molecule has 9 heteroatoms. The summed E-state index contributed by atoms with van der Waals surface area (Å²) < 4.78 is 14.0. The smallest absolute Gasteiger partial charge is 0.251 e. The van der Waals surface area contributed by atoms with Crippen LogP contribution in [0, 0.1) is 4.77 Å². The average molecular weight is 428 g/mol. The van der Waals surface area contributed by atoms with Crippen LogP contribution in [-0.2, 0) is 19.6 Å². The minimum atomic E-state index is -0.188. The first-order valence-corrected chi connectivity index (χ1v) is 10.2.